The van der Waals surface area contributed by atoms with E-state index < -0.39 is 17.2 Å². The highest BCUT2D eigenvalue weighted by molar-refractivity contribution is 6.28. The Morgan fingerprint density at radius 1 is 1.32 bits per heavy atom. The van der Waals surface area contributed by atoms with Crippen molar-refractivity contribution in [2.24, 2.45) is 0 Å². The van der Waals surface area contributed by atoms with Gasteiger partial charge in [-0.3, -0.25) is 0 Å². The van der Waals surface area contributed by atoms with Gasteiger partial charge in [-0.2, -0.15) is 13.2 Å². The van der Waals surface area contributed by atoms with Crippen LogP contribution in [0.1, 0.15) is 11.4 Å². The Morgan fingerprint density at radius 2 is 2.11 bits per heavy atom. The van der Waals surface area contributed by atoms with Gasteiger partial charge in [-0.1, -0.05) is 0 Å². The molecule has 0 aromatic carbocycles. The number of aromatic amines is 1. The molecule has 0 saturated heterocycles. The Bertz CT molecular complexity index is 541. The van der Waals surface area contributed by atoms with Crippen molar-refractivity contribution in [3.05, 3.63) is 35.3 Å². The topological polar surface area (TPSA) is 66.5 Å². The van der Waals surface area contributed by atoms with Crippen LogP contribution in [-0.2, 0) is 12.6 Å². The third-order valence-electron chi connectivity index (χ3n) is 2.24. The SMILES string of the molecule is FC(F)(F)c1cc(NCCc2cnc[nH]2)nc(Cl)n1. The van der Waals surface area contributed by atoms with Gasteiger partial charge in [-0.15, -0.1) is 0 Å². The fourth-order valence-corrected chi connectivity index (χ4v) is 1.58. The lowest BCUT2D eigenvalue weighted by atomic mass is 10.3. The normalized spacial score (nSPS) is 11.6. The monoisotopic (exact) mass is 291 g/mol. The third kappa shape index (κ3) is 3.82. The Kier molecular flexibility index (Phi) is 3.89. The molecule has 0 aliphatic carbocycles. The van der Waals surface area contributed by atoms with E-state index in [1.165, 1.54) is 6.33 Å². The minimum Gasteiger partial charge on any atom is -0.370 e. The predicted octanol–water partition coefficient (Wildman–Crippen LogP) is 2.53. The lowest BCUT2D eigenvalue weighted by Crippen LogP contribution is -2.12. The van der Waals surface area contributed by atoms with Crippen LogP contribution < -0.4 is 5.32 Å². The summed E-state index contributed by atoms with van der Waals surface area (Å²) in [4.78, 5) is 13.5. The van der Waals surface area contributed by atoms with Crippen molar-refractivity contribution in [3.8, 4) is 0 Å². The van der Waals surface area contributed by atoms with E-state index in [-0.39, 0.29) is 5.82 Å². The average Bonchev–Trinajstić information content (AvgIpc) is 2.80. The first-order valence-electron chi connectivity index (χ1n) is 5.28. The van der Waals surface area contributed by atoms with E-state index in [0.717, 1.165) is 11.8 Å². The van der Waals surface area contributed by atoms with Gasteiger partial charge in [0.05, 0.1) is 6.33 Å². The molecule has 9 heteroatoms. The minimum absolute atomic E-state index is 0.0341. The van der Waals surface area contributed by atoms with Crippen molar-refractivity contribution in [1.82, 2.24) is 19.9 Å². The molecular formula is C10H9ClF3N5. The second-order valence-corrected chi connectivity index (χ2v) is 4.00. The molecule has 2 aromatic rings. The van der Waals surface area contributed by atoms with Crippen LogP contribution in [0, 0.1) is 0 Å². The maximum atomic E-state index is 12.5. The molecule has 2 heterocycles. The summed E-state index contributed by atoms with van der Waals surface area (Å²) in [6, 6.07) is 0.818. The highest BCUT2D eigenvalue weighted by atomic mass is 35.5. The fraction of sp³-hybridized carbons (Fsp3) is 0.300. The zero-order chi connectivity index (χ0) is 13.9. The van der Waals surface area contributed by atoms with Gasteiger partial charge >= 0.3 is 6.18 Å². The smallest absolute Gasteiger partial charge is 0.370 e. The zero-order valence-corrected chi connectivity index (χ0v) is 10.3. The molecule has 2 aromatic heterocycles. The summed E-state index contributed by atoms with van der Waals surface area (Å²) in [6.45, 7) is 0.396. The third-order valence-corrected chi connectivity index (χ3v) is 2.41. The number of H-pyrrole nitrogens is 1. The molecule has 0 amide bonds. The van der Waals surface area contributed by atoms with E-state index in [2.05, 4.69) is 25.3 Å². The first-order valence-corrected chi connectivity index (χ1v) is 5.66. The van der Waals surface area contributed by atoms with Crippen molar-refractivity contribution in [3.63, 3.8) is 0 Å². The number of aromatic nitrogens is 4. The van der Waals surface area contributed by atoms with Crippen molar-refractivity contribution in [1.29, 1.82) is 0 Å². The van der Waals surface area contributed by atoms with Crippen LogP contribution in [0.3, 0.4) is 0 Å². The molecule has 0 fully saturated rings. The van der Waals surface area contributed by atoms with Crippen molar-refractivity contribution < 1.29 is 13.2 Å². The molecule has 19 heavy (non-hydrogen) atoms. The molecule has 2 N–H and O–H groups in total. The summed E-state index contributed by atoms with van der Waals surface area (Å²) < 4.78 is 37.5. The van der Waals surface area contributed by atoms with Crippen LogP contribution in [0.2, 0.25) is 5.28 Å². The summed E-state index contributed by atoms with van der Waals surface area (Å²) in [6.07, 6.45) is -0.816. The van der Waals surface area contributed by atoms with Gasteiger partial charge in [-0.25, -0.2) is 15.0 Å². The summed E-state index contributed by atoms with van der Waals surface area (Å²) in [5.41, 5.74) is -0.208. The largest absolute Gasteiger partial charge is 0.433 e. The Balaban J connectivity index is 2.02. The molecule has 0 bridgehead atoms. The summed E-state index contributed by atoms with van der Waals surface area (Å²) in [5, 5.41) is 2.31. The van der Waals surface area contributed by atoms with E-state index in [4.69, 9.17) is 11.6 Å². The van der Waals surface area contributed by atoms with Gasteiger partial charge in [-0.05, 0) is 11.6 Å². The molecule has 2 rings (SSSR count). The molecule has 0 aliphatic heterocycles. The number of imidazole rings is 1. The zero-order valence-electron chi connectivity index (χ0n) is 9.50. The predicted molar refractivity (Wildman–Crippen MR) is 62.8 cm³/mol. The second-order valence-electron chi connectivity index (χ2n) is 3.66. The highest BCUT2D eigenvalue weighted by Crippen LogP contribution is 2.29. The maximum Gasteiger partial charge on any atom is 0.433 e. The number of hydrogen-bond donors (Lipinski definition) is 2. The number of alkyl halides is 3. The van der Waals surface area contributed by atoms with Crippen molar-refractivity contribution in [2.45, 2.75) is 12.6 Å². The van der Waals surface area contributed by atoms with Gasteiger partial charge in [0.2, 0.25) is 5.28 Å². The van der Waals surface area contributed by atoms with Crippen LogP contribution in [0.4, 0.5) is 19.0 Å². The summed E-state index contributed by atoms with van der Waals surface area (Å²) >= 11 is 5.46. The number of nitrogens with zero attached hydrogens (tertiary/aromatic N) is 3. The molecular weight excluding hydrogens is 283 g/mol. The minimum atomic E-state index is -4.55. The van der Waals surface area contributed by atoms with Crippen LogP contribution in [0.15, 0.2) is 18.6 Å². The molecule has 5 nitrogen and oxygen atoms in total. The molecule has 0 radical (unpaired) electrons. The quantitative estimate of drug-likeness (QED) is 0.850. The van der Waals surface area contributed by atoms with Crippen LogP contribution in [-0.4, -0.2) is 26.5 Å². The Labute approximate surface area is 111 Å². The summed E-state index contributed by atoms with van der Waals surface area (Å²) in [5.74, 6) is 0.0341. The van der Waals surface area contributed by atoms with Gasteiger partial charge in [0.25, 0.3) is 0 Å². The van der Waals surface area contributed by atoms with E-state index >= 15 is 0 Å². The second kappa shape index (κ2) is 5.43. The first kappa shape index (κ1) is 13.6. The number of anilines is 1. The molecule has 0 unspecified atom stereocenters. The van der Waals surface area contributed by atoms with Crippen molar-refractivity contribution >= 4 is 17.4 Å². The van der Waals surface area contributed by atoms with Crippen LogP contribution in [0.25, 0.3) is 0 Å². The number of rotatable bonds is 4. The Morgan fingerprint density at radius 3 is 2.74 bits per heavy atom. The highest BCUT2D eigenvalue weighted by Gasteiger charge is 2.33. The lowest BCUT2D eigenvalue weighted by molar-refractivity contribution is -0.141. The average molecular weight is 292 g/mol. The van der Waals surface area contributed by atoms with Gasteiger partial charge in [0, 0.05) is 30.9 Å². The maximum absolute atomic E-state index is 12.5. The number of halogens is 4. The molecule has 0 spiro atoms. The lowest BCUT2D eigenvalue weighted by Gasteiger charge is -2.09. The van der Waals surface area contributed by atoms with Crippen molar-refractivity contribution in [2.75, 3.05) is 11.9 Å². The Hall–Kier alpha value is -1.83. The standard InChI is InChI=1S/C10H9ClF3N5/c11-9-18-7(10(12,13)14)3-8(19-9)16-2-1-6-4-15-5-17-6/h3-5H,1-2H2,(H,15,17)(H,16,18,19). The molecule has 0 aliphatic rings. The van der Waals surface area contributed by atoms with Gasteiger partial charge < -0.3 is 10.3 Å². The number of nitrogens with one attached hydrogen (secondary N) is 2. The van der Waals surface area contributed by atoms with E-state index in [9.17, 15) is 13.2 Å². The molecule has 0 atom stereocenters. The van der Waals surface area contributed by atoms with Crippen LogP contribution >= 0.6 is 11.6 Å². The fourth-order valence-electron chi connectivity index (χ4n) is 1.40. The first-order chi connectivity index (χ1) is 8.95. The summed E-state index contributed by atoms with van der Waals surface area (Å²) in [7, 11) is 0. The van der Waals surface area contributed by atoms with Crippen LogP contribution in [0.5, 0.6) is 0 Å². The van der Waals surface area contributed by atoms with Gasteiger partial charge in [0.1, 0.15) is 5.82 Å². The number of hydrogen-bond acceptors (Lipinski definition) is 4. The van der Waals surface area contributed by atoms with E-state index in [0.29, 0.717) is 13.0 Å². The molecule has 0 saturated carbocycles. The van der Waals surface area contributed by atoms with E-state index in [1.807, 2.05) is 0 Å². The van der Waals surface area contributed by atoms with E-state index in [1.54, 1.807) is 6.20 Å². The van der Waals surface area contributed by atoms with Gasteiger partial charge in [0.15, 0.2) is 5.69 Å². The molecule has 102 valence electrons.